The average Bonchev–Trinajstić information content (AvgIpc) is 2.35. The number of nitrogens with two attached hydrogens (primary N) is 1. The average molecular weight is 222 g/mol. The van der Waals surface area contributed by atoms with E-state index in [9.17, 15) is 9.90 Å². The number of nitrogens with one attached hydrogen (secondary N) is 1. The Morgan fingerprint density at radius 3 is 2.56 bits per heavy atom. The van der Waals surface area contributed by atoms with Gasteiger partial charge in [-0.3, -0.25) is 4.79 Å². The van der Waals surface area contributed by atoms with E-state index in [1.54, 1.807) is 6.92 Å². The molecule has 1 aromatic rings. The standard InChI is InChI=1S/C12H18N2O2/c1-9(7-13)12(16)14-11(8-15)10-5-3-2-4-6-10/h2-6,9,11,15H,7-8,13H2,1H3,(H,14,16). The summed E-state index contributed by atoms with van der Waals surface area (Å²) in [6.07, 6.45) is 0. The van der Waals surface area contributed by atoms with Gasteiger partial charge in [-0.2, -0.15) is 0 Å². The van der Waals surface area contributed by atoms with Crippen LogP contribution in [0.25, 0.3) is 0 Å². The molecule has 0 radical (unpaired) electrons. The minimum absolute atomic E-state index is 0.118. The summed E-state index contributed by atoms with van der Waals surface area (Å²) in [6, 6.07) is 9.01. The van der Waals surface area contributed by atoms with E-state index in [-0.39, 0.29) is 24.5 Å². The maximum Gasteiger partial charge on any atom is 0.224 e. The molecule has 0 aliphatic rings. The molecule has 16 heavy (non-hydrogen) atoms. The van der Waals surface area contributed by atoms with Crippen LogP contribution in [-0.4, -0.2) is 24.2 Å². The topological polar surface area (TPSA) is 75.4 Å². The highest BCUT2D eigenvalue weighted by atomic mass is 16.3. The van der Waals surface area contributed by atoms with E-state index in [1.165, 1.54) is 0 Å². The van der Waals surface area contributed by atoms with Gasteiger partial charge in [-0.1, -0.05) is 37.3 Å². The Morgan fingerprint density at radius 1 is 1.44 bits per heavy atom. The first-order chi connectivity index (χ1) is 7.69. The Balaban J connectivity index is 2.66. The van der Waals surface area contributed by atoms with Gasteiger partial charge < -0.3 is 16.2 Å². The first kappa shape index (κ1) is 12.7. The minimum Gasteiger partial charge on any atom is -0.394 e. The van der Waals surface area contributed by atoms with Gasteiger partial charge in [0.25, 0.3) is 0 Å². The van der Waals surface area contributed by atoms with Gasteiger partial charge in [0.1, 0.15) is 0 Å². The predicted molar refractivity (Wildman–Crippen MR) is 62.6 cm³/mol. The van der Waals surface area contributed by atoms with E-state index in [1.807, 2.05) is 30.3 Å². The molecule has 0 aliphatic carbocycles. The van der Waals surface area contributed by atoms with Crippen LogP contribution in [0.15, 0.2) is 30.3 Å². The predicted octanol–water partition coefficient (Wildman–Crippen LogP) is 0.431. The summed E-state index contributed by atoms with van der Waals surface area (Å²) in [7, 11) is 0. The highest BCUT2D eigenvalue weighted by Crippen LogP contribution is 2.12. The molecule has 0 fully saturated rings. The van der Waals surface area contributed by atoms with Crippen LogP contribution in [0.1, 0.15) is 18.5 Å². The van der Waals surface area contributed by atoms with Gasteiger partial charge in [-0.25, -0.2) is 0 Å². The molecular weight excluding hydrogens is 204 g/mol. The summed E-state index contributed by atoms with van der Waals surface area (Å²) in [5.41, 5.74) is 6.30. The number of amides is 1. The third kappa shape index (κ3) is 3.32. The lowest BCUT2D eigenvalue weighted by Gasteiger charge is -2.18. The fourth-order valence-corrected chi connectivity index (χ4v) is 1.34. The summed E-state index contributed by atoms with van der Waals surface area (Å²) in [4.78, 5) is 11.6. The lowest BCUT2D eigenvalue weighted by atomic mass is 10.1. The Morgan fingerprint density at radius 2 is 2.06 bits per heavy atom. The lowest BCUT2D eigenvalue weighted by molar-refractivity contribution is -0.125. The maximum absolute atomic E-state index is 11.6. The van der Waals surface area contributed by atoms with Gasteiger partial charge in [-0.15, -0.1) is 0 Å². The van der Waals surface area contributed by atoms with Crippen molar-refractivity contribution >= 4 is 5.91 Å². The fraction of sp³-hybridized carbons (Fsp3) is 0.417. The van der Waals surface area contributed by atoms with Crippen molar-refractivity contribution in [1.29, 1.82) is 0 Å². The molecule has 0 heterocycles. The summed E-state index contributed by atoms with van der Waals surface area (Å²) in [5, 5.41) is 12.0. The van der Waals surface area contributed by atoms with Crippen LogP contribution < -0.4 is 11.1 Å². The van der Waals surface area contributed by atoms with E-state index in [4.69, 9.17) is 5.73 Å². The first-order valence-electron chi connectivity index (χ1n) is 5.35. The molecule has 88 valence electrons. The Hall–Kier alpha value is -1.39. The van der Waals surface area contributed by atoms with Gasteiger partial charge in [0, 0.05) is 12.5 Å². The molecule has 4 heteroatoms. The SMILES string of the molecule is CC(CN)C(=O)NC(CO)c1ccccc1. The number of hydrogen-bond donors (Lipinski definition) is 3. The van der Waals surface area contributed by atoms with Crippen LogP contribution in [0.4, 0.5) is 0 Å². The Kier molecular flexibility index (Phi) is 4.95. The monoisotopic (exact) mass is 222 g/mol. The highest BCUT2D eigenvalue weighted by molar-refractivity contribution is 5.79. The summed E-state index contributed by atoms with van der Waals surface area (Å²) >= 11 is 0. The lowest BCUT2D eigenvalue weighted by Crippen LogP contribution is -2.37. The molecule has 2 unspecified atom stereocenters. The van der Waals surface area contributed by atoms with Crippen molar-refractivity contribution < 1.29 is 9.90 Å². The molecule has 0 aromatic heterocycles. The van der Waals surface area contributed by atoms with Crippen LogP contribution in [0.5, 0.6) is 0 Å². The van der Waals surface area contributed by atoms with E-state index in [0.29, 0.717) is 6.54 Å². The van der Waals surface area contributed by atoms with E-state index < -0.39 is 0 Å². The Labute approximate surface area is 95.5 Å². The highest BCUT2D eigenvalue weighted by Gasteiger charge is 2.16. The second kappa shape index (κ2) is 6.25. The number of hydrogen-bond acceptors (Lipinski definition) is 3. The minimum atomic E-state index is -0.359. The van der Waals surface area contributed by atoms with Crippen molar-refractivity contribution in [2.24, 2.45) is 11.7 Å². The molecule has 0 bridgehead atoms. The largest absolute Gasteiger partial charge is 0.394 e. The number of rotatable bonds is 5. The van der Waals surface area contributed by atoms with Crippen LogP contribution in [-0.2, 0) is 4.79 Å². The fourth-order valence-electron chi connectivity index (χ4n) is 1.34. The van der Waals surface area contributed by atoms with Gasteiger partial charge in [-0.05, 0) is 5.56 Å². The summed E-state index contributed by atoms with van der Waals surface area (Å²) in [5.74, 6) is -0.372. The zero-order valence-corrected chi connectivity index (χ0v) is 9.39. The smallest absolute Gasteiger partial charge is 0.224 e. The first-order valence-corrected chi connectivity index (χ1v) is 5.35. The molecular formula is C12H18N2O2. The maximum atomic E-state index is 11.6. The van der Waals surface area contributed by atoms with E-state index in [0.717, 1.165) is 5.56 Å². The second-order valence-corrected chi connectivity index (χ2v) is 3.79. The Bertz CT molecular complexity index is 327. The molecule has 0 saturated carbocycles. The number of aliphatic hydroxyl groups excluding tert-OH is 1. The quantitative estimate of drug-likeness (QED) is 0.676. The molecule has 0 spiro atoms. The molecule has 0 aliphatic heterocycles. The van der Waals surface area contributed by atoms with Crippen molar-refractivity contribution in [1.82, 2.24) is 5.32 Å². The molecule has 0 saturated heterocycles. The molecule has 1 amide bonds. The van der Waals surface area contributed by atoms with Crippen molar-refractivity contribution in [3.05, 3.63) is 35.9 Å². The van der Waals surface area contributed by atoms with Crippen molar-refractivity contribution in [2.45, 2.75) is 13.0 Å². The van der Waals surface area contributed by atoms with Crippen LogP contribution >= 0.6 is 0 Å². The molecule has 4 nitrogen and oxygen atoms in total. The zero-order valence-electron chi connectivity index (χ0n) is 9.39. The van der Waals surface area contributed by atoms with E-state index >= 15 is 0 Å². The van der Waals surface area contributed by atoms with Crippen molar-refractivity contribution in [3.63, 3.8) is 0 Å². The van der Waals surface area contributed by atoms with Crippen LogP contribution in [0.3, 0.4) is 0 Å². The van der Waals surface area contributed by atoms with E-state index in [2.05, 4.69) is 5.32 Å². The van der Waals surface area contributed by atoms with Crippen LogP contribution in [0, 0.1) is 5.92 Å². The van der Waals surface area contributed by atoms with Gasteiger partial charge in [0.05, 0.1) is 12.6 Å². The van der Waals surface area contributed by atoms with Gasteiger partial charge in [0.2, 0.25) is 5.91 Å². The molecule has 2 atom stereocenters. The van der Waals surface area contributed by atoms with Crippen molar-refractivity contribution in [3.8, 4) is 0 Å². The third-order valence-corrected chi connectivity index (χ3v) is 2.50. The molecule has 1 aromatic carbocycles. The van der Waals surface area contributed by atoms with Gasteiger partial charge >= 0.3 is 0 Å². The van der Waals surface area contributed by atoms with Gasteiger partial charge in [0.15, 0.2) is 0 Å². The number of aliphatic hydroxyl groups is 1. The normalized spacial score (nSPS) is 14.2. The van der Waals surface area contributed by atoms with Crippen LogP contribution in [0.2, 0.25) is 0 Å². The molecule has 1 rings (SSSR count). The summed E-state index contributed by atoms with van der Waals surface area (Å²) < 4.78 is 0. The number of carbonyl (C=O) groups is 1. The molecule has 4 N–H and O–H groups in total. The summed E-state index contributed by atoms with van der Waals surface area (Å²) in [6.45, 7) is 1.95. The second-order valence-electron chi connectivity index (χ2n) is 3.79. The van der Waals surface area contributed by atoms with Crippen molar-refractivity contribution in [2.75, 3.05) is 13.2 Å². The number of benzene rings is 1. The third-order valence-electron chi connectivity index (χ3n) is 2.50. The zero-order chi connectivity index (χ0) is 12.0. The number of carbonyl (C=O) groups excluding carboxylic acids is 1.